The molecule has 150 valence electrons. The minimum Gasteiger partial charge on any atom is -0.493 e. The third kappa shape index (κ3) is 3.55. The molecule has 2 aromatic carbocycles. The van der Waals surface area contributed by atoms with Crippen LogP contribution in [0.5, 0.6) is 11.5 Å². The van der Waals surface area contributed by atoms with Gasteiger partial charge in [-0.05, 0) is 38.0 Å². The summed E-state index contributed by atoms with van der Waals surface area (Å²) in [6, 6.07) is 13.0. The fourth-order valence-electron chi connectivity index (χ4n) is 3.75. The summed E-state index contributed by atoms with van der Waals surface area (Å²) in [6.07, 6.45) is 1.64. The standard InChI is InChI=1S/C22H23N3O4/c1-14-7-4-8-15(13-14)20-23-21(29-24-20)17-10-6-12-25(17)22(26)16-9-5-11-18(27-2)19(16)28-3/h4-5,7-9,11,13,17H,6,10,12H2,1-3H3/t17-/m0/s1. The Morgan fingerprint density at radius 2 is 2.00 bits per heavy atom. The summed E-state index contributed by atoms with van der Waals surface area (Å²) in [6.45, 7) is 2.63. The Morgan fingerprint density at radius 3 is 2.76 bits per heavy atom. The monoisotopic (exact) mass is 393 g/mol. The number of rotatable bonds is 5. The van der Waals surface area contributed by atoms with Gasteiger partial charge in [0, 0.05) is 12.1 Å². The Balaban J connectivity index is 1.63. The first-order chi connectivity index (χ1) is 14.1. The molecule has 29 heavy (non-hydrogen) atoms. The molecule has 3 aromatic rings. The van der Waals surface area contributed by atoms with Crippen molar-refractivity contribution >= 4 is 5.91 Å². The van der Waals surface area contributed by atoms with Gasteiger partial charge >= 0.3 is 0 Å². The summed E-state index contributed by atoms with van der Waals surface area (Å²) in [5.41, 5.74) is 2.47. The topological polar surface area (TPSA) is 77.7 Å². The molecule has 2 heterocycles. The van der Waals surface area contributed by atoms with E-state index in [0.29, 0.717) is 35.3 Å². The fraction of sp³-hybridized carbons (Fsp3) is 0.318. The number of methoxy groups -OCH3 is 2. The van der Waals surface area contributed by atoms with E-state index in [4.69, 9.17) is 14.0 Å². The Labute approximate surface area is 169 Å². The summed E-state index contributed by atoms with van der Waals surface area (Å²) < 4.78 is 16.3. The van der Waals surface area contributed by atoms with E-state index < -0.39 is 0 Å². The van der Waals surface area contributed by atoms with Crippen LogP contribution in [0.1, 0.15) is 40.7 Å². The van der Waals surface area contributed by atoms with Crippen molar-refractivity contribution in [2.45, 2.75) is 25.8 Å². The summed E-state index contributed by atoms with van der Waals surface area (Å²) in [5.74, 6) is 1.79. The van der Waals surface area contributed by atoms with Crippen LogP contribution in [0, 0.1) is 6.92 Å². The van der Waals surface area contributed by atoms with Gasteiger partial charge in [0.15, 0.2) is 11.5 Å². The van der Waals surface area contributed by atoms with Crippen LogP contribution in [0.2, 0.25) is 0 Å². The van der Waals surface area contributed by atoms with Crippen LogP contribution < -0.4 is 9.47 Å². The molecule has 1 fully saturated rings. The Hall–Kier alpha value is -3.35. The van der Waals surface area contributed by atoms with E-state index in [1.54, 1.807) is 30.2 Å². The van der Waals surface area contributed by atoms with E-state index in [-0.39, 0.29) is 11.9 Å². The van der Waals surface area contributed by atoms with E-state index in [1.165, 1.54) is 7.11 Å². The predicted octanol–water partition coefficient (Wildman–Crippen LogP) is 4.04. The third-order valence-corrected chi connectivity index (χ3v) is 5.15. The molecule has 7 nitrogen and oxygen atoms in total. The maximum absolute atomic E-state index is 13.3. The normalized spacial score (nSPS) is 16.1. The van der Waals surface area contributed by atoms with Crippen molar-refractivity contribution in [1.82, 2.24) is 15.0 Å². The Bertz CT molecular complexity index is 1030. The molecule has 0 radical (unpaired) electrons. The minimum atomic E-state index is -0.260. The van der Waals surface area contributed by atoms with E-state index >= 15 is 0 Å². The molecule has 1 aliphatic heterocycles. The molecule has 0 saturated carbocycles. The molecule has 1 aromatic heterocycles. The quantitative estimate of drug-likeness (QED) is 0.651. The number of carbonyl (C=O) groups is 1. The molecular formula is C22H23N3O4. The maximum Gasteiger partial charge on any atom is 0.258 e. The average Bonchev–Trinajstić information content (AvgIpc) is 3.42. The van der Waals surface area contributed by atoms with E-state index in [2.05, 4.69) is 10.1 Å². The molecule has 0 spiro atoms. The number of ether oxygens (including phenoxy) is 2. The van der Waals surface area contributed by atoms with E-state index in [0.717, 1.165) is 24.0 Å². The number of nitrogens with zero attached hydrogens (tertiary/aromatic N) is 3. The summed E-state index contributed by atoms with van der Waals surface area (Å²) in [5, 5.41) is 4.13. The first-order valence-corrected chi connectivity index (χ1v) is 9.55. The van der Waals surface area contributed by atoms with Gasteiger partial charge in [-0.25, -0.2) is 0 Å². The lowest BCUT2D eigenvalue weighted by Gasteiger charge is -2.23. The number of carbonyl (C=O) groups excluding carboxylic acids is 1. The smallest absolute Gasteiger partial charge is 0.258 e. The third-order valence-electron chi connectivity index (χ3n) is 5.15. The van der Waals surface area contributed by atoms with Gasteiger partial charge in [0.2, 0.25) is 11.7 Å². The van der Waals surface area contributed by atoms with Crippen LogP contribution in [-0.4, -0.2) is 41.7 Å². The van der Waals surface area contributed by atoms with E-state index in [1.807, 2.05) is 31.2 Å². The number of hydrogen-bond acceptors (Lipinski definition) is 6. The first kappa shape index (κ1) is 19.0. The van der Waals surface area contributed by atoms with Crippen molar-refractivity contribution in [1.29, 1.82) is 0 Å². The molecule has 0 unspecified atom stereocenters. The molecule has 0 aliphatic carbocycles. The zero-order valence-electron chi connectivity index (χ0n) is 16.7. The minimum absolute atomic E-state index is 0.140. The van der Waals surface area contributed by atoms with Crippen molar-refractivity contribution in [3.63, 3.8) is 0 Å². The molecule has 7 heteroatoms. The van der Waals surface area contributed by atoms with Crippen molar-refractivity contribution in [3.8, 4) is 22.9 Å². The van der Waals surface area contributed by atoms with Gasteiger partial charge in [0.05, 0.1) is 19.8 Å². The molecule has 1 saturated heterocycles. The number of para-hydroxylation sites is 1. The number of amides is 1. The molecule has 0 bridgehead atoms. The van der Waals surface area contributed by atoms with Crippen LogP contribution in [0.4, 0.5) is 0 Å². The molecule has 0 N–H and O–H groups in total. The van der Waals surface area contributed by atoms with Gasteiger partial charge in [-0.2, -0.15) is 4.98 Å². The van der Waals surface area contributed by atoms with Crippen molar-refractivity contribution < 1.29 is 18.8 Å². The van der Waals surface area contributed by atoms with Crippen LogP contribution in [-0.2, 0) is 0 Å². The average molecular weight is 393 g/mol. The van der Waals surface area contributed by atoms with Crippen molar-refractivity contribution in [3.05, 3.63) is 59.5 Å². The highest BCUT2D eigenvalue weighted by atomic mass is 16.5. The number of aryl methyl sites for hydroxylation is 1. The van der Waals surface area contributed by atoms with Crippen molar-refractivity contribution in [2.75, 3.05) is 20.8 Å². The highest BCUT2D eigenvalue weighted by molar-refractivity contribution is 5.98. The fourth-order valence-corrected chi connectivity index (χ4v) is 3.75. The number of benzene rings is 2. The first-order valence-electron chi connectivity index (χ1n) is 9.55. The zero-order chi connectivity index (χ0) is 20.4. The second-order valence-corrected chi connectivity index (χ2v) is 7.02. The predicted molar refractivity (Wildman–Crippen MR) is 107 cm³/mol. The lowest BCUT2D eigenvalue weighted by molar-refractivity contribution is 0.0706. The summed E-state index contributed by atoms with van der Waals surface area (Å²) >= 11 is 0. The van der Waals surface area contributed by atoms with Crippen LogP contribution >= 0.6 is 0 Å². The summed E-state index contributed by atoms with van der Waals surface area (Å²) in [7, 11) is 3.08. The summed E-state index contributed by atoms with van der Waals surface area (Å²) in [4.78, 5) is 19.6. The Kier molecular flexibility index (Phi) is 5.20. The van der Waals surface area contributed by atoms with Crippen LogP contribution in [0.15, 0.2) is 47.0 Å². The van der Waals surface area contributed by atoms with Crippen molar-refractivity contribution in [2.24, 2.45) is 0 Å². The number of aromatic nitrogens is 2. The van der Waals surface area contributed by atoms with Gasteiger partial charge in [0.25, 0.3) is 5.91 Å². The van der Waals surface area contributed by atoms with Gasteiger partial charge in [-0.15, -0.1) is 0 Å². The van der Waals surface area contributed by atoms with Gasteiger partial charge in [0.1, 0.15) is 6.04 Å². The second kappa shape index (κ2) is 7.95. The number of hydrogen-bond donors (Lipinski definition) is 0. The SMILES string of the molecule is COc1cccc(C(=O)N2CCC[C@H]2c2nc(-c3cccc(C)c3)no2)c1OC. The largest absolute Gasteiger partial charge is 0.493 e. The molecule has 1 amide bonds. The lowest BCUT2D eigenvalue weighted by atomic mass is 10.1. The van der Waals surface area contributed by atoms with Crippen LogP contribution in [0.25, 0.3) is 11.4 Å². The molecule has 1 aliphatic rings. The second-order valence-electron chi connectivity index (χ2n) is 7.02. The lowest BCUT2D eigenvalue weighted by Crippen LogP contribution is -2.31. The highest BCUT2D eigenvalue weighted by Gasteiger charge is 2.36. The Morgan fingerprint density at radius 1 is 1.17 bits per heavy atom. The zero-order valence-corrected chi connectivity index (χ0v) is 16.7. The van der Waals surface area contributed by atoms with Gasteiger partial charge in [-0.1, -0.05) is 35.0 Å². The molecule has 1 atom stereocenters. The molecular weight excluding hydrogens is 370 g/mol. The van der Waals surface area contributed by atoms with Gasteiger partial charge in [-0.3, -0.25) is 4.79 Å². The number of likely N-dealkylation sites (tertiary alicyclic amines) is 1. The van der Waals surface area contributed by atoms with E-state index in [9.17, 15) is 4.79 Å². The van der Waals surface area contributed by atoms with Crippen LogP contribution in [0.3, 0.4) is 0 Å². The van der Waals surface area contributed by atoms with Gasteiger partial charge < -0.3 is 18.9 Å². The molecule has 4 rings (SSSR count). The highest BCUT2D eigenvalue weighted by Crippen LogP contribution is 2.37. The maximum atomic E-state index is 13.3.